The zero-order valence-corrected chi connectivity index (χ0v) is 17.7. The molecule has 0 saturated carbocycles. The quantitative estimate of drug-likeness (QED) is 0.686. The normalized spacial score (nSPS) is 14.7. The van der Waals surface area contributed by atoms with Crippen LogP contribution >= 0.6 is 0 Å². The Hall–Kier alpha value is -3.29. The van der Waals surface area contributed by atoms with Gasteiger partial charge in [0.05, 0.1) is 19.6 Å². The van der Waals surface area contributed by atoms with Crippen molar-refractivity contribution in [2.75, 3.05) is 37.5 Å². The lowest BCUT2D eigenvalue weighted by atomic mass is 9.95. The van der Waals surface area contributed by atoms with Gasteiger partial charge in [0, 0.05) is 48.5 Å². The van der Waals surface area contributed by atoms with E-state index >= 15 is 0 Å². The summed E-state index contributed by atoms with van der Waals surface area (Å²) in [6, 6.07) is 5.35. The Morgan fingerprint density at radius 1 is 1.10 bits per heavy atom. The van der Waals surface area contributed by atoms with E-state index in [1.807, 2.05) is 13.8 Å². The second-order valence-electron chi connectivity index (χ2n) is 7.51. The molecule has 0 spiro atoms. The number of amides is 1. The van der Waals surface area contributed by atoms with Gasteiger partial charge in [-0.2, -0.15) is 0 Å². The average Bonchev–Trinajstić information content (AvgIpc) is 3.07. The minimum Gasteiger partial charge on any atom is -0.497 e. The molecule has 8 nitrogen and oxygen atoms in total. The van der Waals surface area contributed by atoms with Gasteiger partial charge in [-0.15, -0.1) is 0 Å². The van der Waals surface area contributed by atoms with Crippen LogP contribution in [0, 0.1) is 19.8 Å². The van der Waals surface area contributed by atoms with Gasteiger partial charge < -0.3 is 24.1 Å². The number of carbonyl (C=O) groups excluding carboxylic acids is 1. The van der Waals surface area contributed by atoms with Crippen LogP contribution in [0.3, 0.4) is 0 Å². The topological polar surface area (TPSA) is 89.7 Å². The van der Waals surface area contributed by atoms with E-state index in [1.54, 1.807) is 32.4 Å². The molecule has 0 aliphatic carbocycles. The average molecular weight is 410 g/mol. The SMILES string of the molecule is COc1cc(NC(=O)C2CCN(c3ncnc4oc(C)c(C)c34)CC2)cc(OC)c1. The highest BCUT2D eigenvalue weighted by Crippen LogP contribution is 2.33. The van der Waals surface area contributed by atoms with E-state index in [0.717, 1.165) is 48.5 Å². The van der Waals surface area contributed by atoms with Crippen LogP contribution in [0.5, 0.6) is 11.5 Å². The van der Waals surface area contributed by atoms with Crippen LogP contribution in [-0.4, -0.2) is 43.2 Å². The first-order valence-corrected chi connectivity index (χ1v) is 9.99. The number of nitrogens with zero attached hydrogens (tertiary/aromatic N) is 3. The molecule has 1 amide bonds. The molecule has 3 heterocycles. The largest absolute Gasteiger partial charge is 0.497 e. The summed E-state index contributed by atoms with van der Waals surface area (Å²) in [5.74, 6) is 2.95. The number of methoxy groups -OCH3 is 2. The van der Waals surface area contributed by atoms with Gasteiger partial charge in [0.15, 0.2) is 0 Å². The van der Waals surface area contributed by atoms with Gasteiger partial charge in [0.25, 0.3) is 0 Å². The Morgan fingerprint density at radius 2 is 1.77 bits per heavy atom. The van der Waals surface area contributed by atoms with E-state index in [-0.39, 0.29) is 11.8 Å². The van der Waals surface area contributed by atoms with Gasteiger partial charge in [-0.3, -0.25) is 4.79 Å². The smallest absolute Gasteiger partial charge is 0.231 e. The number of aromatic nitrogens is 2. The molecule has 2 aromatic heterocycles. The van der Waals surface area contributed by atoms with Crippen LogP contribution in [0.2, 0.25) is 0 Å². The molecular formula is C22H26N4O4. The molecule has 1 N–H and O–H groups in total. The van der Waals surface area contributed by atoms with Crippen molar-refractivity contribution in [2.24, 2.45) is 5.92 Å². The van der Waals surface area contributed by atoms with Crippen molar-refractivity contribution >= 4 is 28.5 Å². The summed E-state index contributed by atoms with van der Waals surface area (Å²) < 4.78 is 16.3. The summed E-state index contributed by atoms with van der Waals surface area (Å²) in [5, 5.41) is 3.96. The fourth-order valence-corrected chi connectivity index (χ4v) is 3.88. The zero-order valence-electron chi connectivity index (χ0n) is 17.7. The summed E-state index contributed by atoms with van der Waals surface area (Å²) >= 11 is 0. The summed E-state index contributed by atoms with van der Waals surface area (Å²) in [7, 11) is 3.17. The van der Waals surface area contributed by atoms with Gasteiger partial charge in [-0.05, 0) is 26.7 Å². The van der Waals surface area contributed by atoms with Gasteiger partial charge >= 0.3 is 0 Å². The van der Waals surface area contributed by atoms with Gasteiger partial charge in [-0.25, -0.2) is 9.97 Å². The van der Waals surface area contributed by atoms with Gasteiger partial charge in [0.1, 0.15) is 29.4 Å². The molecule has 158 valence electrons. The van der Waals surface area contributed by atoms with Crippen LogP contribution < -0.4 is 19.7 Å². The van der Waals surface area contributed by atoms with Crippen LogP contribution in [0.4, 0.5) is 11.5 Å². The van der Waals surface area contributed by atoms with Gasteiger partial charge in [0.2, 0.25) is 11.6 Å². The first-order valence-electron chi connectivity index (χ1n) is 9.99. The van der Waals surface area contributed by atoms with Crippen molar-refractivity contribution in [3.05, 3.63) is 35.9 Å². The number of furan rings is 1. The first kappa shape index (κ1) is 20.0. The van der Waals surface area contributed by atoms with E-state index in [4.69, 9.17) is 13.9 Å². The lowest BCUT2D eigenvalue weighted by molar-refractivity contribution is -0.120. The predicted octanol–water partition coefficient (Wildman–Crippen LogP) is 3.71. The molecule has 1 aliphatic rings. The summed E-state index contributed by atoms with van der Waals surface area (Å²) in [6.45, 7) is 5.45. The Bertz CT molecular complexity index is 1050. The van der Waals surface area contributed by atoms with Crippen molar-refractivity contribution in [3.63, 3.8) is 0 Å². The fourth-order valence-electron chi connectivity index (χ4n) is 3.88. The van der Waals surface area contributed by atoms with E-state index < -0.39 is 0 Å². The lowest BCUT2D eigenvalue weighted by Gasteiger charge is -2.32. The van der Waals surface area contributed by atoms with Crippen LogP contribution in [-0.2, 0) is 4.79 Å². The minimum atomic E-state index is -0.0667. The molecule has 1 saturated heterocycles. The third-order valence-electron chi connectivity index (χ3n) is 5.73. The van der Waals surface area contributed by atoms with E-state index in [9.17, 15) is 4.79 Å². The second kappa shape index (κ2) is 8.22. The monoisotopic (exact) mass is 410 g/mol. The summed E-state index contributed by atoms with van der Waals surface area (Å²) in [6.07, 6.45) is 3.03. The number of anilines is 2. The molecule has 30 heavy (non-hydrogen) atoms. The Balaban J connectivity index is 1.45. The lowest BCUT2D eigenvalue weighted by Crippen LogP contribution is -2.38. The molecule has 1 fully saturated rings. The maximum atomic E-state index is 12.8. The molecule has 0 unspecified atom stereocenters. The third-order valence-corrected chi connectivity index (χ3v) is 5.73. The number of nitrogens with one attached hydrogen (secondary N) is 1. The van der Waals surface area contributed by atoms with Crippen molar-refractivity contribution < 1.29 is 18.7 Å². The van der Waals surface area contributed by atoms with Crippen molar-refractivity contribution in [2.45, 2.75) is 26.7 Å². The van der Waals surface area contributed by atoms with E-state index in [0.29, 0.717) is 22.9 Å². The highest BCUT2D eigenvalue weighted by molar-refractivity contribution is 5.93. The Morgan fingerprint density at radius 3 is 2.40 bits per heavy atom. The highest BCUT2D eigenvalue weighted by Gasteiger charge is 2.28. The molecule has 1 aliphatic heterocycles. The molecule has 8 heteroatoms. The number of carbonyl (C=O) groups is 1. The number of rotatable bonds is 5. The molecule has 0 atom stereocenters. The number of hydrogen-bond acceptors (Lipinski definition) is 7. The Kier molecular flexibility index (Phi) is 5.48. The number of hydrogen-bond donors (Lipinski definition) is 1. The number of benzene rings is 1. The minimum absolute atomic E-state index is 0.00752. The van der Waals surface area contributed by atoms with Crippen LogP contribution in [0.1, 0.15) is 24.2 Å². The van der Waals surface area contributed by atoms with Crippen molar-refractivity contribution in [3.8, 4) is 11.5 Å². The van der Waals surface area contributed by atoms with Crippen LogP contribution in [0.25, 0.3) is 11.1 Å². The molecule has 3 aromatic rings. The molecule has 4 rings (SSSR count). The van der Waals surface area contributed by atoms with Crippen molar-refractivity contribution in [1.82, 2.24) is 9.97 Å². The maximum absolute atomic E-state index is 12.8. The number of fused-ring (bicyclic) bond motifs is 1. The summed E-state index contributed by atoms with van der Waals surface area (Å²) in [4.78, 5) is 23.8. The Labute approximate surface area is 175 Å². The fraction of sp³-hybridized carbons (Fsp3) is 0.409. The first-order chi connectivity index (χ1) is 14.5. The second-order valence-corrected chi connectivity index (χ2v) is 7.51. The van der Waals surface area contributed by atoms with E-state index in [2.05, 4.69) is 20.2 Å². The number of aryl methyl sites for hydroxylation is 2. The summed E-state index contributed by atoms with van der Waals surface area (Å²) in [5.41, 5.74) is 2.34. The number of piperidine rings is 1. The van der Waals surface area contributed by atoms with E-state index in [1.165, 1.54) is 6.33 Å². The third kappa shape index (κ3) is 3.77. The standard InChI is InChI=1S/C22H26N4O4/c1-13-14(2)30-22-19(13)20(23-12-24-22)26-7-5-15(6-8-26)21(27)25-16-9-17(28-3)11-18(10-16)29-4/h9-12,15H,5-8H2,1-4H3,(H,25,27). The molecular weight excluding hydrogens is 384 g/mol. The highest BCUT2D eigenvalue weighted by atomic mass is 16.5. The van der Waals surface area contributed by atoms with Gasteiger partial charge in [-0.1, -0.05) is 0 Å². The zero-order chi connectivity index (χ0) is 21.3. The predicted molar refractivity (Wildman–Crippen MR) is 114 cm³/mol. The van der Waals surface area contributed by atoms with Crippen molar-refractivity contribution in [1.29, 1.82) is 0 Å². The molecule has 1 aromatic carbocycles. The molecule has 0 radical (unpaired) electrons. The maximum Gasteiger partial charge on any atom is 0.231 e. The number of ether oxygens (including phenoxy) is 2. The van der Waals surface area contributed by atoms with Crippen LogP contribution in [0.15, 0.2) is 28.9 Å². The molecule has 0 bridgehead atoms.